The van der Waals surface area contributed by atoms with Crippen LogP contribution in [0.4, 0.5) is 13.2 Å². The molecule has 0 bridgehead atoms. The topological polar surface area (TPSA) is 123 Å². The van der Waals surface area contributed by atoms with Gasteiger partial charge in [0.25, 0.3) is 0 Å². The zero-order chi connectivity index (χ0) is 23.4. The molecule has 0 radical (unpaired) electrons. The molecule has 31 heavy (non-hydrogen) atoms. The summed E-state index contributed by atoms with van der Waals surface area (Å²) in [7, 11) is -6.23. The van der Waals surface area contributed by atoms with E-state index in [-0.39, 0.29) is 23.7 Å². The minimum Gasteiger partial charge on any atom is -0.465 e. The predicted molar refractivity (Wildman–Crippen MR) is 104 cm³/mol. The number of aromatic nitrogens is 4. The smallest absolute Gasteiger partial charge is 0.465 e. The zero-order valence-electron chi connectivity index (χ0n) is 17.1. The average molecular weight is 483 g/mol. The number of ether oxygens (including phenoxy) is 2. The Balaban J connectivity index is 2.37. The molecular weight excluding hydrogens is 461 g/mol. The Morgan fingerprint density at radius 3 is 2.45 bits per heavy atom. The summed E-state index contributed by atoms with van der Waals surface area (Å²) >= 11 is 0. The van der Waals surface area contributed by atoms with Crippen LogP contribution in [0.25, 0.3) is 11.4 Å². The van der Waals surface area contributed by atoms with Crippen LogP contribution in [0.1, 0.15) is 10.4 Å². The standard InChI is InChI=1S/C16H21F3N4O6SSi/c1-27-15(24)12-7-11(8-13(9-12)29-30(25,26)16(17,18)19)14-20-21-22-23(14)10-28-5-6-31(2,3)4/h7-9H,5-6,10H2,1-4H3. The van der Waals surface area contributed by atoms with Crippen LogP contribution in [0.15, 0.2) is 18.2 Å². The second kappa shape index (κ2) is 9.31. The number of methoxy groups -OCH3 is 1. The van der Waals surface area contributed by atoms with Gasteiger partial charge in [-0.1, -0.05) is 19.6 Å². The summed E-state index contributed by atoms with van der Waals surface area (Å²) in [5.74, 6) is -1.67. The van der Waals surface area contributed by atoms with Crippen molar-refractivity contribution in [2.45, 2.75) is 37.9 Å². The van der Waals surface area contributed by atoms with E-state index in [1.54, 1.807) is 0 Å². The number of carbonyl (C=O) groups excluding carboxylic acids is 1. The van der Waals surface area contributed by atoms with E-state index in [9.17, 15) is 26.4 Å². The number of tetrazole rings is 1. The molecule has 0 saturated heterocycles. The van der Waals surface area contributed by atoms with E-state index < -0.39 is 35.4 Å². The molecule has 172 valence electrons. The van der Waals surface area contributed by atoms with E-state index >= 15 is 0 Å². The molecule has 0 aliphatic carbocycles. The minimum absolute atomic E-state index is 0.0213. The van der Waals surface area contributed by atoms with Crippen molar-refractivity contribution in [1.82, 2.24) is 20.2 Å². The summed E-state index contributed by atoms with van der Waals surface area (Å²) < 4.78 is 76.3. The first kappa shape index (κ1) is 24.7. The summed E-state index contributed by atoms with van der Waals surface area (Å²) in [4.78, 5) is 11.9. The van der Waals surface area contributed by atoms with Crippen LogP contribution in [0.2, 0.25) is 25.7 Å². The van der Waals surface area contributed by atoms with Gasteiger partial charge in [-0.15, -0.1) is 5.10 Å². The molecule has 0 unspecified atom stereocenters. The number of rotatable bonds is 9. The number of nitrogens with zero attached hydrogens (tertiary/aromatic N) is 4. The molecule has 0 atom stereocenters. The largest absolute Gasteiger partial charge is 0.534 e. The van der Waals surface area contributed by atoms with Crippen molar-refractivity contribution < 1.29 is 40.0 Å². The van der Waals surface area contributed by atoms with E-state index in [2.05, 4.69) is 44.1 Å². The number of hydrogen-bond acceptors (Lipinski definition) is 9. The third-order valence-electron chi connectivity index (χ3n) is 3.82. The second-order valence-corrected chi connectivity index (χ2v) is 14.7. The Hall–Kier alpha value is -2.52. The van der Waals surface area contributed by atoms with E-state index in [0.717, 1.165) is 25.3 Å². The van der Waals surface area contributed by atoms with Crippen LogP contribution in [0.5, 0.6) is 5.75 Å². The number of alkyl halides is 3. The number of carbonyl (C=O) groups is 1. The molecule has 1 aromatic heterocycles. The summed E-state index contributed by atoms with van der Waals surface area (Å²) in [5.41, 5.74) is -5.89. The Bertz CT molecular complexity index is 1040. The Labute approximate surface area is 177 Å². The minimum atomic E-state index is -5.96. The van der Waals surface area contributed by atoms with Crippen LogP contribution >= 0.6 is 0 Å². The van der Waals surface area contributed by atoms with Gasteiger partial charge in [-0.3, -0.25) is 0 Å². The van der Waals surface area contributed by atoms with Crippen molar-refractivity contribution in [1.29, 1.82) is 0 Å². The monoisotopic (exact) mass is 482 g/mol. The van der Waals surface area contributed by atoms with Crippen LogP contribution in [0, 0.1) is 0 Å². The van der Waals surface area contributed by atoms with Gasteiger partial charge < -0.3 is 13.7 Å². The van der Waals surface area contributed by atoms with Gasteiger partial charge in [0.15, 0.2) is 5.82 Å². The number of benzene rings is 1. The van der Waals surface area contributed by atoms with Gasteiger partial charge in [0.1, 0.15) is 12.5 Å². The highest BCUT2D eigenvalue weighted by Crippen LogP contribution is 2.30. The van der Waals surface area contributed by atoms with Crippen molar-refractivity contribution in [2.24, 2.45) is 0 Å². The molecule has 15 heteroatoms. The lowest BCUT2D eigenvalue weighted by Gasteiger charge is -2.15. The van der Waals surface area contributed by atoms with E-state index in [4.69, 9.17) is 4.74 Å². The molecule has 0 spiro atoms. The van der Waals surface area contributed by atoms with Crippen molar-refractivity contribution in [3.05, 3.63) is 23.8 Å². The molecule has 2 aromatic rings. The van der Waals surface area contributed by atoms with Gasteiger partial charge in [0.2, 0.25) is 0 Å². The molecule has 0 amide bonds. The fourth-order valence-corrected chi connectivity index (χ4v) is 3.41. The van der Waals surface area contributed by atoms with Gasteiger partial charge in [0, 0.05) is 20.2 Å². The molecule has 2 rings (SSSR count). The van der Waals surface area contributed by atoms with Crippen LogP contribution < -0.4 is 4.18 Å². The first-order valence-electron chi connectivity index (χ1n) is 8.82. The summed E-state index contributed by atoms with van der Waals surface area (Å²) in [6.07, 6.45) is 0. The highest BCUT2D eigenvalue weighted by molar-refractivity contribution is 7.88. The van der Waals surface area contributed by atoms with Crippen LogP contribution in [-0.2, 0) is 26.3 Å². The maximum Gasteiger partial charge on any atom is 0.534 e. The second-order valence-electron chi connectivity index (χ2n) is 7.57. The lowest BCUT2D eigenvalue weighted by molar-refractivity contribution is -0.0500. The van der Waals surface area contributed by atoms with Gasteiger partial charge in [0.05, 0.1) is 12.7 Å². The molecule has 0 N–H and O–H groups in total. The van der Waals surface area contributed by atoms with E-state index in [1.807, 2.05) is 0 Å². The Morgan fingerprint density at radius 1 is 1.19 bits per heavy atom. The fraction of sp³-hybridized carbons (Fsp3) is 0.500. The molecule has 1 heterocycles. The number of hydrogen-bond donors (Lipinski definition) is 0. The molecule has 1 aromatic carbocycles. The molecule has 10 nitrogen and oxygen atoms in total. The van der Waals surface area contributed by atoms with Gasteiger partial charge in [-0.05, 0) is 34.7 Å². The van der Waals surface area contributed by atoms with Crippen molar-refractivity contribution in [3.8, 4) is 17.1 Å². The van der Waals surface area contributed by atoms with Gasteiger partial charge >= 0.3 is 21.6 Å². The fourth-order valence-electron chi connectivity index (χ4n) is 2.21. The number of halogens is 3. The quantitative estimate of drug-likeness (QED) is 0.174. The van der Waals surface area contributed by atoms with Crippen molar-refractivity contribution >= 4 is 24.2 Å². The lowest BCUT2D eigenvalue weighted by atomic mass is 10.1. The van der Waals surface area contributed by atoms with Crippen molar-refractivity contribution in [3.63, 3.8) is 0 Å². The molecular formula is C16H21F3N4O6SSi. The molecule has 0 saturated carbocycles. The van der Waals surface area contributed by atoms with E-state index in [1.165, 1.54) is 10.7 Å². The zero-order valence-corrected chi connectivity index (χ0v) is 19.0. The highest BCUT2D eigenvalue weighted by Gasteiger charge is 2.48. The number of esters is 1. The van der Waals surface area contributed by atoms with Crippen molar-refractivity contribution in [2.75, 3.05) is 13.7 Å². The molecule has 0 aliphatic heterocycles. The summed E-state index contributed by atoms with van der Waals surface area (Å²) in [6, 6.07) is 3.87. The normalized spacial score (nSPS) is 12.6. The van der Waals surface area contributed by atoms with Gasteiger partial charge in [-0.2, -0.15) is 26.3 Å². The van der Waals surface area contributed by atoms with Crippen LogP contribution in [0.3, 0.4) is 0 Å². The lowest BCUT2D eigenvalue weighted by Crippen LogP contribution is -2.28. The van der Waals surface area contributed by atoms with Gasteiger partial charge in [-0.25, -0.2) is 4.79 Å². The average Bonchev–Trinajstić information content (AvgIpc) is 3.10. The van der Waals surface area contributed by atoms with E-state index in [0.29, 0.717) is 6.61 Å². The maximum atomic E-state index is 12.7. The van der Waals surface area contributed by atoms with Crippen LogP contribution in [-0.4, -0.2) is 61.9 Å². The summed E-state index contributed by atoms with van der Waals surface area (Å²) in [5, 5.41) is 11.0. The third-order valence-corrected chi connectivity index (χ3v) is 6.50. The predicted octanol–water partition coefficient (Wildman–Crippen LogP) is 2.67. The Morgan fingerprint density at radius 2 is 1.87 bits per heavy atom. The first-order valence-corrected chi connectivity index (χ1v) is 13.9. The molecule has 0 aliphatic rings. The Kier molecular flexibility index (Phi) is 7.43. The first-order chi connectivity index (χ1) is 14.2. The molecule has 0 fully saturated rings. The highest BCUT2D eigenvalue weighted by atomic mass is 32.2. The SMILES string of the molecule is COC(=O)c1cc(OS(=O)(=O)C(F)(F)F)cc(-c2nnnn2COCC[Si](C)(C)C)c1. The maximum absolute atomic E-state index is 12.7. The summed E-state index contributed by atoms with van der Waals surface area (Å²) in [6.45, 7) is 6.91. The third kappa shape index (κ3) is 6.73.